The van der Waals surface area contributed by atoms with E-state index in [9.17, 15) is 9.59 Å². The number of primary amides is 1. The van der Waals surface area contributed by atoms with Crippen LogP contribution < -0.4 is 11.1 Å². The average Bonchev–Trinajstić information content (AvgIpc) is 2.38. The second kappa shape index (κ2) is 5.59. The number of hydrogen-bond acceptors (Lipinski definition) is 4. The van der Waals surface area contributed by atoms with Gasteiger partial charge in [0.25, 0.3) is 5.91 Å². The first-order valence-corrected chi connectivity index (χ1v) is 5.88. The van der Waals surface area contributed by atoms with E-state index in [2.05, 4.69) is 10.3 Å². The lowest BCUT2D eigenvalue weighted by Gasteiger charge is -2.33. The predicted molar refractivity (Wildman–Crippen MR) is 65.7 cm³/mol. The van der Waals surface area contributed by atoms with E-state index in [1.807, 2.05) is 0 Å². The van der Waals surface area contributed by atoms with Crippen molar-refractivity contribution < 1.29 is 9.59 Å². The zero-order chi connectivity index (χ0) is 13.0. The number of aromatic nitrogens is 1. The molecular weight excluding hydrogens is 232 g/mol. The normalized spacial score (nSPS) is 19.6. The minimum absolute atomic E-state index is 0.0564. The fourth-order valence-corrected chi connectivity index (χ4v) is 2.06. The second-order valence-corrected chi connectivity index (χ2v) is 4.31. The van der Waals surface area contributed by atoms with E-state index in [-0.39, 0.29) is 24.3 Å². The van der Waals surface area contributed by atoms with Crippen molar-refractivity contribution in [2.75, 3.05) is 19.6 Å². The molecule has 0 aliphatic carbocycles. The van der Waals surface area contributed by atoms with E-state index in [1.165, 1.54) is 0 Å². The van der Waals surface area contributed by atoms with Crippen molar-refractivity contribution in [1.29, 1.82) is 0 Å². The lowest BCUT2D eigenvalue weighted by molar-refractivity contribution is -0.118. The maximum Gasteiger partial charge on any atom is 0.255 e. The molecule has 1 aromatic rings. The molecule has 2 rings (SSSR count). The van der Waals surface area contributed by atoms with E-state index in [0.29, 0.717) is 25.2 Å². The Morgan fingerprint density at radius 2 is 2.39 bits per heavy atom. The first kappa shape index (κ1) is 12.5. The highest BCUT2D eigenvalue weighted by Gasteiger charge is 2.24. The molecule has 2 amide bonds. The molecule has 1 aliphatic heterocycles. The highest BCUT2D eigenvalue weighted by atomic mass is 16.2. The van der Waals surface area contributed by atoms with Crippen LogP contribution in [-0.4, -0.2) is 47.4 Å². The van der Waals surface area contributed by atoms with Crippen LogP contribution in [0.4, 0.5) is 0 Å². The Morgan fingerprint density at radius 3 is 3.06 bits per heavy atom. The number of nitrogens with one attached hydrogen (secondary N) is 1. The molecule has 6 heteroatoms. The van der Waals surface area contributed by atoms with Gasteiger partial charge in [0.15, 0.2) is 0 Å². The third-order valence-corrected chi connectivity index (χ3v) is 2.90. The summed E-state index contributed by atoms with van der Waals surface area (Å²) in [6.45, 7) is 1.80. The number of nitrogens with zero attached hydrogens (tertiary/aromatic N) is 2. The molecule has 0 radical (unpaired) electrons. The second-order valence-electron chi connectivity index (χ2n) is 4.31. The van der Waals surface area contributed by atoms with Crippen LogP contribution in [0.5, 0.6) is 0 Å². The van der Waals surface area contributed by atoms with Crippen molar-refractivity contribution in [2.24, 2.45) is 5.73 Å². The Bertz CT molecular complexity index is 435. The quantitative estimate of drug-likeness (QED) is 0.745. The molecule has 2 heterocycles. The third-order valence-electron chi connectivity index (χ3n) is 2.90. The Morgan fingerprint density at radius 1 is 1.56 bits per heavy atom. The summed E-state index contributed by atoms with van der Waals surface area (Å²) in [5.74, 6) is -0.415. The highest BCUT2D eigenvalue weighted by molar-refractivity contribution is 5.94. The van der Waals surface area contributed by atoms with Gasteiger partial charge in [0.05, 0.1) is 5.56 Å². The molecule has 0 saturated carbocycles. The first-order chi connectivity index (χ1) is 8.66. The third kappa shape index (κ3) is 3.04. The summed E-state index contributed by atoms with van der Waals surface area (Å²) < 4.78 is 0. The van der Waals surface area contributed by atoms with Gasteiger partial charge < -0.3 is 16.0 Å². The van der Waals surface area contributed by atoms with Crippen LogP contribution in [0.2, 0.25) is 0 Å². The summed E-state index contributed by atoms with van der Waals surface area (Å²) in [5.41, 5.74) is 5.73. The van der Waals surface area contributed by atoms with Crippen molar-refractivity contribution in [2.45, 2.75) is 12.5 Å². The molecule has 1 aliphatic rings. The number of amides is 2. The van der Waals surface area contributed by atoms with E-state index in [1.54, 1.807) is 29.4 Å². The lowest BCUT2D eigenvalue weighted by atomic mass is 10.1. The number of nitrogens with two attached hydrogens (primary N) is 1. The number of rotatable bonds is 3. The Kier molecular flexibility index (Phi) is 3.88. The Hall–Kier alpha value is -1.95. The van der Waals surface area contributed by atoms with Gasteiger partial charge in [-0.3, -0.25) is 14.6 Å². The highest BCUT2D eigenvalue weighted by Crippen LogP contribution is 2.08. The smallest absolute Gasteiger partial charge is 0.255 e. The molecule has 1 unspecified atom stereocenters. The molecule has 0 spiro atoms. The van der Waals surface area contributed by atoms with Crippen LogP contribution in [0.15, 0.2) is 24.5 Å². The van der Waals surface area contributed by atoms with Crippen molar-refractivity contribution in [3.63, 3.8) is 0 Å². The largest absolute Gasteiger partial charge is 0.370 e. The number of hydrogen-bond donors (Lipinski definition) is 2. The molecule has 1 aromatic heterocycles. The van der Waals surface area contributed by atoms with Crippen molar-refractivity contribution in [3.05, 3.63) is 30.1 Å². The number of piperazine rings is 1. The van der Waals surface area contributed by atoms with Crippen LogP contribution in [0.3, 0.4) is 0 Å². The molecule has 0 aromatic carbocycles. The molecule has 6 nitrogen and oxygen atoms in total. The van der Waals surface area contributed by atoms with Gasteiger partial charge in [0.2, 0.25) is 5.91 Å². The zero-order valence-electron chi connectivity index (χ0n) is 10.0. The average molecular weight is 248 g/mol. The predicted octanol–water partition coefficient (Wildman–Crippen LogP) is -0.629. The Labute approximate surface area is 105 Å². The maximum atomic E-state index is 12.2. The summed E-state index contributed by atoms with van der Waals surface area (Å²) in [6.07, 6.45) is 3.43. The number of carbonyl (C=O) groups excluding carboxylic acids is 2. The fourth-order valence-electron chi connectivity index (χ4n) is 2.06. The van der Waals surface area contributed by atoms with Gasteiger partial charge in [0, 0.05) is 44.5 Å². The summed E-state index contributed by atoms with van der Waals surface area (Å²) in [6, 6.07) is 3.41. The molecule has 1 atom stereocenters. The molecular formula is C12H16N4O2. The standard InChI is InChI=1S/C12H16N4O2/c13-11(17)6-10-8-16(5-4-15-10)12(18)9-2-1-3-14-7-9/h1-3,7,10,15H,4-6,8H2,(H2,13,17). The van der Waals surface area contributed by atoms with Gasteiger partial charge in [-0.25, -0.2) is 0 Å². The van der Waals surface area contributed by atoms with Gasteiger partial charge in [-0.1, -0.05) is 0 Å². The fraction of sp³-hybridized carbons (Fsp3) is 0.417. The van der Waals surface area contributed by atoms with Crippen LogP contribution >= 0.6 is 0 Å². The van der Waals surface area contributed by atoms with E-state index >= 15 is 0 Å². The summed E-state index contributed by atoms with van der Waals surface area (Å²) in [7, 11) is 0. The van der Waals surface area contributed by atoms with Gasteiger partial charge in [-0.05, 0) is 12.1 Å². The van der Waals surface area contributed by atoms with E-state index < -0.39 is 0 Å². The summed E-state index contributed by atoms with van der Waals surface area (Å²) in [5, 5.41) is 3.18. The van der Waals surface area contributed by atoms with E-state index in [4.69, 9.17) is 5.73 Å². The topological polar surface area (TPSA) is 88.3 Å². The Balaban J connectivity index is 2.00. The van der Waals surface area contributed by atoms with Gasteiger partial charge in [-0.15, -0.1) is 0 Å². The summed E-state index contributed by atoms with van der Waals surface area (Å²) in [4.78, 5) is 28.7. The molecule has 0 bridgehead atoms. The molecule has 3 N–H and O–H groups in total. The van der Waals surface area contributed by atoms with Crippen LogP contribution in [-0.2, 0) is 4.79 Å². The van der Waals surface area contributed by atoms with E-state index in [0.717, 1.165) is 0 Å². The van der Waals surface area contributed by atoms with Crippen LogP contribution in [0.1, 0.15) is 16.8 Å². The maximum absolute atomic E-state index is 12.2. The van der Waals surface area contributed by atoms with Crippen molar-refractivity contribution in [3.8, 4) is 0 Å². The van der Waals surface area contributed by atoms with Crippen LogP contribution in [0.25, 0.3) is 0 Å². The van der Waals surface area contributed by atoms with Crippen molar-refractivity contribution in [1.82, 2.24) is 15.2 Å². The van der Waals surface area contributed by atoms with Crippen LogP contribution in [0, 0.1) is 0 Å². The first-order valence-electron chi connectivity index (χ1n) is 5.88. The van der Waals surface area contributed by atoms with Gasteiger partial charge in [-0.2, -0.15) is 0 Å². The number of pyridine rings is 1. The number of carbonyl (C=O) groups is 2. The zero-order valence-corrected chi connectivity index (χ0v) is 10.0. The molecule has 18 heavy (non-hydrogen) atoms. The monoisotopic (exact) mass is 248 g/mol. The minimum Gasteiger partial charge on any atom is -0.370 e. The lowest BCUT2D eigenvalue weighted by Crippen LogP contribution is -2.53. The molecule has 1 fully saturated rings. The minimum atomic E-state index is -0.358. The molecule has 96 valence electrons. The molecule has 1 saturated heterocycles. The van der Waals surface area contributed by atoms with Crippen molar-refractivity contribution >= 4 is 11.8 Å². The van der Waals surface area contributed by atoms with Gasteiger partial charge >= 0.3 is 0 Å². The summed E-state index contributed by atoms with van der Waals surface area (Å²) >= 11 is 0. The SMILES string of the molecule is NC(=O)CC1CN(C(=O)c2cccnc2)CCN1. The van der Waals surface area contributed by atoms with Gasteiger partial charge in [0.1, 0.15) is 0 Å².